The molecule has 0 radical (unpaired) electrons. The Labute approximate surface area is 118 Å². The smallest absolute Gasteiger partial charge is 0.146 e. The van der Waals surface area contributed by atoms with Crippen LogP contribution in [0.1, 0.15) is 18.5 Å². The van der Waals surface area contributed by atoms with Crippen LogP contribution in [0.15, 0.2) is 18.2 Å². The van der Waals surface area contributed by atoms with Crippen molar-refractivity contribution in [2.24, 2.45) is 0 Å². The lowest BCUT2D eigenvalue weighted by atomic mass is 9.97. The van der Waals surface area contributed by atoms with Crippen molar-refractivity contribution >= 4 is 11.6 Å². The van der Waals surface area contributed by atoms with E-state index in [4.69, 9.17) is 16.3 Å². The lowest BCUT2D eigenvalue weighted by Crippen LogP contribution is -2.48. The van der Waals surface area contributed by atoms with Gasteiger partial charge in [0.2, 0.25) is 0 Å². The lowest BCUT2D eigenvalue weighted by molar-refractivity contribution is -0.0696. The summed E-state index contributed by atoms with van der Waals surface area (Å²) in [5.41, 5.74) is 0.620. The molecule has 2 unspecified atom stereocenters. The van der Waals surface area contributed by atoms with Crippen LogP contribution in [-0.4, -0.2) is 44.3 Å². The second-order valence-corrected chi connectivity index (χ2v) is 5.09. The first kappa shape index (κ1) is 14.7. The summed E-state index contributed by atoms with van der Waals surface area (Å²) in [5.74, 6) is -0.334. The average molecular weight is 287 g/mol. The molecule has 1 fully saturated rings. The summed E-state index contributed by atoms with van der Waals surface area (Å²) in [6.45, 7) is 5.12. The Morgan fingerprint density at radius 2 is 2.32 bits per heavy atom. The van der Waals surface area contributed by atoms with Crippen LogP contribution in [0.3, 0.4) is 0 Å². The number of hydrogen-bond donors (Lipinski definition) is 1. The summed E-state index contributed by atoms with van der Waals surface area (Å²) in [5, 5.41) is 3.28. The van der Waals surface area contributed by atoms with E-state index in [0.29, 0.717) is 18.7 Å². The molecule has 0 saturated carbocycles. The van der Waals surface area contributed by atoms with E-state index >= 15 is 0 Å². The molecule has 1 aliphatic heterocycles. The molecule has 2 atom stereocenters. The predicted octanol–water partition coefficient (Wildman–Crippen LogP) is 2.46. The molecular weight excluding hydrogens is 267 g/mol. The topological polar surface area (TPSA) is 24.5 Å². The lowest BCUT2D eigenvalue weighted by Gasteiger charge is -2.41. The summed E-state index contributed by atoms with van der Waals surface area (Å²) >= 11 is 5.90. The summed E-state index contributed by atoms with van der Waals surface area (Å²) < 4.78 is 20.1. The highest BCUT2D eigenvalue weighted by Gasteiger charge is 2.34. The molecule has 106 valence electrons. The molecule has 0 aromatic heterocycles. The zero-order chi connectivity index (χ0) is 13.8. The highest BCUT2D eigenvalue weighted by Crippen LogP contribution is 2.33. The molecule has 0 spiro atoms. The number of rotatable bonds is 4. The predicted molar refractivity (Wildman–Crippen MR) is 75.1 cm³/mol. The van der Waals surface area contributed by atoms with Crippen molar-refractivity contribution in [2.75, 3.05) is 33.3 Å². The highest BCUT2D eigenvalue weighted by atomic mass is 35.5. The Kier molecular flexibility index (Phi) is 5.16. The minimum atomic E-state index is -0.334. The second-order valence-electron chi connectivity index (χ2n) is 4.68. The van der Waals surface area contributed by atoms with Crippen LogP contribution in [0, 0.1) is 5.82 Å². The van der Waals surface area contributed by atoms with E-state index in [0.717, 1.165) is 13.1 Å². The van der Waals surface area contributed by atoms with Gasteiger partial charge in [0, 0.05) is 18.7 Å². The van der Waals surface area contributed by atoms with Crippen molar-refractivity contribution in [1.29, 1.82) is 0 Å². The van der Waals surface area contributed by atoms with Gasteiger partial charge < -0.3 is 10.1 Å². The largest absolute Gasteiger partial charge is 0.374 e. The van der Waals surface area contributed by atoms with Gasteiger partial charge in [-0.15, -0.1) is 0 Å². The van der Waals surface area contributed by atoms with Crippen LogP contribution in [0.25, 0.3) is 0 Å². The van der Waals surface area contributed by atoms with Crippen molar-refractivity contribution in [2.45, 2.75) is 19.1 Å². The molecule has 19 heavy (non-hydrogen) atoms. The molecule has 5 heteroatoms. The van der Waals surface area contributed by atoms with Crippen LogP contribution < -0.4 is 5.32 Å². The van der Waals surface area contributed by atoms with Gasteiger partial charge in [0.25, 0.3) is 0 Å². The molecule has 1 aliphatic rings. The van der Waals surface area contributed by atoms with Crippen molar-refractivity contribution in [3.05, 3.63) is 34.6 Å². The van der Waals surface area contributed by atoms with Crippen LogP contribution in [-0.2, 0) is 4.74 Å². The van der Waals surface area contributed by atoms with E-state index < -0.39 is 0 Å². The first-order chi connectivity index (χ1) is 9.19. The van der Waals surface area contributed by atoms with Gasteiger partial charge in [-0.25, -0.2) is 4.39 Å². The van der Waals surface area contributed by atoms with Crippen molar-refractivity contribution < 1.29 is 9.13 Å². The summed E-state index contributed by atoms with van der Waals surface area (Å²) in [7, 11) is 1.87. The fraction of sp³-hybridized carbons (Fsp3) is 0.571. The minimum absolute atomic E-state index is 0.0633. The van der Waals surface area contributed by atoms with Gasteiger partial charge in [-0.2, -0.15) is 0 Å². The molecule has 1 saturated heterocycles. The van der Waals surface area contributed by atoms with Gasteiger partial charge in [-0.05, 0) is 19.7 Å². The normalized spacial score (nSPS) is 24.6. The number of likely N-dealkylation sites (N-methyl/N-ethyl adjacent to an activating group) is 2. The van der Waals surface area contributed by atoms with E-state index in [-0.39, 0.29) is 23.0 Å². The Balaban J connectivity index is 2.36. The van der Waals surface area contributed by atoms with Gasteiger partial charge in [0.1, 0.15) is 5.82 Å². The van der Waals surface area contributed by atoms with E-state index in [9.17, 15) is 4.39 Å². The molecular formula is C14H20ClFN2O. The van der Waals surface area contributed by atoms with E-state index in [1.165, 1.54) is 0 Å². The molecule has 1 heterocycles. The molecule has 2 rings (SSSR count). The number of nitrogens with zero attached hydrogens (tertiary/aromatic N) is 1. The Morgan fingerprint density at radius 1 is 1.53 bits per heavy atom. The summed E-state index contributed by atoms with van der Waals surface area (Å²) in [6.07, 6.45) is -0.0633. The maximum absolute atomic E-state index is 14.3. The van der Waals surface area contributed by atoms with E-state index in [2.05, 4.69) is 17.1 Å². The zero-order valence-electron chi connectivity index (χ0n) is 11.3. The van der Waals surface area contributed by atoms with E-state index in [1.807, 2.05) is 7.05 Å². The van der Waals surface area contributed by atoms with Gasteiger partial charge in [0.05, 0.1) is 23.8 Å². The molecule has 0 amide bonds. The third-order valence-electron chi connectivity index (χ3n) is 3.57. The van der Waals surface area contributed by atoms with Gasteiger partial charge in [-0.1, -0.05) is 30.7 Å². The SMILES string of the molecule is CCN1CCOC(CNC)C1c1cccc(Cl)c1F. The molecule has 3 nitrogen and oxygen atoms in total. The number of halogens is 2. The molecule has 1 aromatic carbocycles. The average Bonchev–Trinajstić information content (AvgIpc) is 2.42. The number of ether oxygens (including phenoxy) is 1. The van der Waals surface area contributed by atoms with Crippen molar-refractivity contribution in [3.63, 3.8) is 0 Å². The first-order valence-electron chi connectivity index (χ1n) is 6.63. The van der Waals surface area contributed by atoms with Crippen molar-refractivity contribution in [1.82, 2.24) is 10.2 Å². The van der Waals surface area contributed by atoms with Crippen LogP contribution >= 0.6 is 11.6 Å². The van der Waals surface area contributed by atoms with Crippen LogP contribution in [0.5, 0.6) is 0 Å². The number of hydrogen-bond acceptors (Lipinski definition) is 3. The number of nitrogens with one attached hydrogen (secondary N) is 1. The fourth-order valence-electron chi connectivity index (χ4n) is 2.66. The van der Waals surface area contributed by atoms with Crippen molar-refractivity contribution in [3.8, 4) is 0 Å². The van der Waals surface area contributed by atoms with E-state index in [1.54, 1.807) is 18.2 Å². The minimum Gasteiger partial charge on any atom is -0.374 e. The molecule has 1 N–H and O–H groups in total. The molecule has 0 bridgehead atoms. The Morgan fingerprint density at radius 3 is 3.00 bits per heavy atom. The molecule has 0 aliphatic carbocycles. The Bertz CT molecular complexity index is 428. The summed E-state index contributed by atoms with van der Waals surface area (Å²) in [4.78, 5) is 2.24. The van der Waals surface area contributed by atoms with Gasteiger partial charge in [-0.3, -0.25) is 4.90 Å². The quantitative estimate of drug-likeness (QED) is 0.920. The third-order valence-corrected chi connectivity index (χ3v) is 3.86. The zero-order valence-corrected chi connectivity index (χ0v) is 12.1. The number of benzene rings is 1. The first-order valence-corrected chi connectivity index (χ1v) is 7.01. The van der Waals surface area contributed by atoms with Gasteiger partial charge in [0.15, 0.2) is 0 Å². The standard InChI is InChI=1S/C14H20ClFN2O/c1-3-18-7-8-19-12(9-17-2)14(18)10-5-4-6-11(15)13(10)16/h4-6,12,14,17H,3,7-9H2,1-2H3. The molecule has 1 aromatic rings. The number of morpholine rings is 1. The van der Waals surface area contributed by atoms with Crippen LogP contribution in [0.4, 0.5) is 4.39 Å². The monoisotopic (exact) mass is 286 g/mol. The second kappa shape index (κ2) is 6.66. The summed E-state index contributed by atoms with van der Waals surface area (Å²) in [6, 6.07) is 5.07. The maximum atomic E-state index is 14.3. The highest BCUT2D eigenvalue weighted by molar-refractivity contribution is 6.30. The fourth-order valence-corrected chi connectivity index (χ4v) is 2.84. The maximum Gasteiger partial charge on any atom is 0.146 e. The third kappa shape index (κ3) is 3.08. The van der Waals surface area contributed by atoms with Gasteiger partial charge >= 0.3 is 0 Å². The van der Waals surface area contributed by atoms with Crippen LogP contribution in [0.2, 0.25) is 5.02 Å². The Hall–Kier alpha value is -0.680.